The summed E-state index contributed by atoms with van der Waals surface area (Å²) in [7, 11) is -1.71. The Bertz CT molecular complexity index is 271. The van der Waals surface area contributed by atoms with Crippen LogP contribution in [0.1, 0.15) is 41.5 Å². The molecule has 3 heteroatoms. The van der Waals surface area contributed by atoms with Crippen LogP contribution in [-0.4, -0.2) is 21.2 Å². The van der Waals surface area contributed by atoms with E-state index < -0.39 is 8.32 Å². The van der Waals surface area contributed by atoms with Gasteiger partial charge < -0.3 is 0 Å². The van der Waals surface area contributed by atoms with Crippen LogP contribution in [0.25, 0.3) is 0 Å². The third-order valence-electron chi connectivity index (χ3n) is 3.74. The van der Waals surface area contributed by atoms with Crippen LogP contribution in [0.4, 0.5) is 0 Å². The number of hydrogen-bond donors (Lipinski definition) is 0. The summed E-state index contributed by atoms with van der Waals surface area (Å²) in [5.74, 6) is 3.25. The van der Waals surface area contributed by atoms with Gasteiger partial charge in [-0.3, -0.25) is 0 Å². The fourth-order valence-electron chi connectivity index (χ4n) is 3.07. The maximum absolute atomic E-state index is 6.50. The Hall–Kier alpha value is -0.308. The van der Waals surface area contributed by atoms with Gasteiger partial charge in [-0.1, -0.05) is 0 Å². The first-order valence-electron chi connectivity index (χ1n) is 6.47. The van der Waals surface area contributed by atoms with E-state index in [1.54, 1.807) is 0 Å². The second-order valence-corrected chi connectivity index (χ2v) is 11.0. The summed E-state index contributed by atoms with van der Waals surface area (Å²) in [6.45, 7) is 16.1. The van der Waals surface area contributed by atoms with E-state index in [-0.39, 0.29) is 0 Å². The monoisotopic (exact) mass is 236 g/mol. The SMILES string of the molecule is CC(C)[Si](OC1=CCB=C1)(C(C)C)C(C)C. The normalized spacial score (nSPS) is 15.9. The Morgan fingerprint density at radius 2 is 1.56 bits per heavy atom. The molecular formula is C13H25BOSi. The van der Waals surface area contributed by atoms with E-state index >= 15 is 0 Å². The van der Waals surface area contributed by atoms with Gasteiger partial charge in [0.25, 0.3) is 0 Å². The first-order valence-corrected chi connectivity index (χ1v) is 8.61. The molecule has 0 N–H and O–H groups in total. The molecule has 0 saturated carbocycles. The molecule has 0 fully saturated rings. The summed E-state index contributed by atoms with van der Waals surface area (Å²) < 4.78 is 6.50. The van der Waals surface area contributed by atoms with Gasteiger partial charge in [0.05, 0.1) is 0 Å². The molecule has 90 valence electrons. The maximum atomic E-state index is 6.50. The Labute approximate surface area is 102 Å². The van der Waals surface area contributed by atoms with Gasteiger partial charge >= 0.3 is 102 Å². The zero-order valence-corrected chi connectivity index (χ0v) is 12.6. The molecule has 0 aliphatic carbocycles. The van der Waals surface area contributed by atoms with Crippen LogP contribution >= 0.6 is 0 Å². The molecule has 0 aromatic rings. The number of rotatable bonds is 5. The Morgan fingerprint density at radius 3 is 1.88 bits per heavy atom. The quantitative estimate of drug-likeness (QED) is 0.655. The fraction of sp³-hybridized carbons (Fsp3) is 0.769. The van der Waals surface area contributed by atoms with Gasteiger partial charge in [0.15, 0.2) is 0 Å². The van der Waals surface area contributed by atoms with Crippen molar-refractivity contribution in [3.8, 4) is 0 Å². The molecule has 0 radical (unpaired) electrons. The molecule has 0 atom stereocenters. The molecule has 0 saturated heterocycles. The number of hydrogen-bond acceptors (Lipinski definition) is 1. The first-order chi connectivity index (χ1) is 7.41. The second kappa shape index (κ2) is 5.35. The van der Waals surface area contributed by atoms with Gasteiger partial charge in [0.2, 0.25) is 0 Å². The van der Waals surface area contributed by atoms with E-state index in [9.17, 15) is 0 Å². The van der Waals surface area contributed by atoms with Gasteiger partial charge in [-0.15, -0.1) is 0 Å². The molecule has 0 spiro atoms. The van der Waals surface area contributed by atoms with Crippen LogP contribution in [0.5, 0.6) is 0 Å². The molecule has 0 bridgehead atoms. The van der Waals surface area contributed by atoms with Crippen molar-refractivity contribution in [2.24, 2.45) is 0 Å². The molecule has 16 heavy (non-hydrogen) atoms. The molecule has 0 amide bonds. The second-order valence-electron chi connectivity index (χ2n) is 5.66. The minimum atomic E-state index is -1.71. The molecule has 1 aliphatic rings. The van der Waals surface area contributed by atoms with Crippen molar-refractivity contribution in [2.75, 3.05) is 0 Å². The van der Waals surface area contributed by atoms with Crippen LogP contribution in [0.2, 0.25) is 22.9 Å². The Balaban J connectivity index is 2.97. The van der Waals surface area contributed by atoms with E-state index in [4.69, 9.17) is 4.43 Å². The van der Waals surface area contributed by atoms with Crippen molar-refractivity contribution in [3.05, 3.63) is 11.8 Å². The minimum absolute atomic E-state index is 0.655. The average molecular weight is 236 g/mol. The van der Waals surface area contributed by atoms with Gasteiger partial charge in [-0.25, -0.2) is 0 Å². The summed E-state index contributed by atoms with van der Waals surface area (Å²) in [4.78, 5) is 0. The van der Waals surface area contributed by atoms with Crippen molar-refractivity contribution in [2.45, 2.75) is 64.5 Å². The van der Waals surface area contributed by atoms with Crippen molar-refractivity contribution >= 4 is 21.2 Å². The van der Waals surface area contributed by atoms with Gasteiger partial charge in [0, 0.05) is 0 Å². The average Bonchev–Trinajstić information content (AvgIpc) is 2.64. The van der Waals surface area contributed by atoms with Crippen molar-refractivity contribution < 1.29 is 4.43 Å². The number of allylic oxidation sites excluding steroid dienone is 2. The van der Waals surface area contributed by atoms with E-state index in [0.29, 0.717) is 16.6 Å². The van der Waals surface area contributed by atoms with Crippen LogP contribution in [-0.2, 0) is 4.43 Å². The van der Waals surface area contributed by atoms with Crippen LogP contribution in [0.15, 0.2) is 11.8 Å². The van der Waals surface area contributed by atoms with Gasteiger partial charge in [-0.05, 0) is 0 Å². The Morgan fingerprint density at radius 1 is 1.06 bits per heavy atom. The summed E-state index contributed by atoms with van der Waals surface area (Å²) in [5.41, 5.74) is 1.96. The third-order valence-corrected chi connectivity index (χ3v) is 9.74. The van der Waals surface area contributed by atoms with Crippen molar-refractivity contribution in [3.63, 3.8) is 0 Å². The standard InChI is InChI=1S/C13H25BOSi/c1-10(2)16(11(3)4,12(5)6)15-13-7-8-14-9-13/h7,9-12H,8H2,1-6H3. The molecule has 1 heterocycles. The predicted molar refractivity (Wildman–Crippen MR) is 76.8 cm³/mol. The first kappa shape index (κ1) is 13.8. The predicted octanol–water partition coefficient (Wildman–Crippen LogP) is 4.00. The Kier molecular flexibility index (Phi) is 4.60. The topological polar surface area (TPSA) is 9.23 Å². The van der Waals surface area contributed by atoms with Gasteiger partial charge in [0.1, 0.15) is 0 Å². The third kappa shape index (κ3) is 2.50. The van der Waals surface area contributed by atoms with Crippen molar-refractivity contribution in [1.82, 2.24) is 0 Å². The molecule has 1 aliphatic heterocycles. The van der Waals surface area contributed by atoms with E-state index in [0.717, 1.165) is 12.1 Å². The summed E-state index contributed by atoms with van der Waals surface area (Å²) in [5, 5.41) is 0. The van der Waals surface area contributed by atoms with Crippen LogP contribution in [0, 0.1) is 0 Å². The fourth-order valence-corrected chi connectivity index (χ4v) is 8.34. The molecule has 0 aromatic heterocycles. The van der Waals surface area contributed by atoms with Gasteiger partial charge in [-0.2, -0.15) is 0 Å². The summed E-state index contributed by atoms with van der Waals surface area (Å²) >= 11 is 0. The van der Waals surface area contributed by atoms with Crippen LogP contribution < -0.4 is 0 Å². The molecule has 0 unspecified atom stereocenters. The van der Waals surface area contributed by atoms with E-state index in [1.165, 1.54) is 0 Å². The zero-order chi connectivity index (χ0) is 12.3. The summed E-state index contributed by atoms with van der Waals surface area (Å²) in [6.07, 6.45) is 3.24. The molecule has 1 rings (SSSR count). The summed E-state index contributed by atoms with van der Waals surface area (Å²) in [6, 6.07) is 0. The molecule has 0 aromatic carbocycles. The van der Waals surface area contributed by atoms with Crippen molar-refractivity contribution in [1.29, 1.82) is 0 Å². The van der Waals surface area contributed by atoms with E-state index in [1.807, 2.05) is 0 Å². The van der Waals surface area contributed by atoms with E-state index in [2.05, 4.69) is 60.5 Å². The molecule has 1 nitrogen and oxygen atoms in total. The van der Waals surface area contributed by atoms with Crippen LogP contribution in [0.3, 0.4) is 0 Å². The molecular weight excluding hydrogens is 211 g/mol. The zero-order valence-electron chi connectivity index (χ0n) is 11.6.